The second-order valence-electron chi connectivity index (χ2n) is 4.79. The standard InChI is InChI=1S/C18H12O/c19-18-16-8-3-1-6-14(16)12-10-5-11-13(12)15-7-2-4-9-17(15)18/h1-11,19H. The van der Waals surface area contributed by atoms with Crippen molar-refractivity contribution in [3.8, 4) is 16.9 Å². The Morgan fingerprint density at radius 2 is 0.895 bits per heavy atom. The molecule has 0 radical (unpaired) electrons. The van der Waals surface area contributed by atoms with Gasteiger partial charge in [0.2, 0.25) is 0 Å². The third-order valence-electron chi connectivity index (χ3n) is 3.76. The normalized spacial score (nSPS) is 11.4. The molecule has 2 aromatic carbocycles. The molecule has 0 amide bonds. The molecule has 0 heterocycles. The number of rotatable bonds is 0. The lowest BCUT2D eigenvalue weighted by Crippen LogP contribution is -1.72. The molecule has 0 unspecified atom stereocenters. The minimum absolute atomic E-state index is 0.363. The van der Waals surface area contributed by atoms with Gasteiger partial charge in [-0.15, -0.1) is 0 Å². The van der Waals surface area contributed by atoms with E-state index in [4.69, 9.17) is 0 Å². The van der Waals surface area contributed by atoms with Gasteiger partial charge in [-0.25, -0.2) is 0 Å². The van der Waals surface area contributed by atoms with Crippen LogP contribution in [0.1, 0.15) is 0 Å². The summed E-state index contributed by atoms with van der Waals surface area (Å²) >= 11 is 0. The fraction of sp³-hybridized carbons (Fsp3) is 0. The van der Waals surface area contributed by atoms with E-state index >= 15 is 0 Å². The molecule has 0 fully saturated rings. The Balaban J connectivity index is 2.42. The number of hydrogen-bond donors (Lipinski definition) is 1. The Bertz CT molecular complexity index is 806. The zero-order valence-electron chi connectivity index (χ0n) is 10.3. The molecule has 0 aromatic heterocycles. The first-order valence-corrected chi connectivity index (χ1v) is 6.37. The zero-order chi connectivity index (χ0) is 12.8. The number of benzene rings is 2. The van der Waals surface area contributed by atoms with Crippen LogP contribution in [0.25, 0.3) is 32.7 Å². The lowest BCUT2D eigenvalue weighted by Gasteiger charge is -1.99. The highest BCUT2D eigenvalue weighted by atomic mass is 16.3. The van der Waals surface area contributed by atoms with Gasteiger partial charge in [0.05, 0.1) is 0 Å². The summed E-state index contributed by atoms with van der Waals surface area (Å²) in [7, 11) is 0. The van der Waals surface area contributed by atoms with Gasteiger partial charge in [0.25, 0.3) is 0 Å². The molecule has 90 valence electrons. The quantitative estimate of drug-likeness (QED) is 0.471. The summed E-state index contributed by atoms with van der Waals surface area (Å²) in [6.45, 7) is 0. The van der Waals surface area contributed by atoms with Gasteiger partial charge < -0.3 is 5.11 Å². The summed E-state index contributed by atoms with van der Waals surface area (Å²) in [6.07, 6.45) is 0. The maximum atomic E-state index is 10.6. The van der Waals surface area contributed by atoms with E-state index in [9.17, 15) is 5.11 Å². The predicted molar refractivity (Wildman–Crippen MR) is 79.7 cm³/mol. The van der Waals surface area contributed by atoms with E-state index in [-0.39, 0.29) is 0 Å². The largest absolute Gasteiger partial charge is 0.507 e. The SMILES string of the molecule is Oc1c2ccccc2c2cccc-2c2ccccc12. The first kappa shape index (κ1) is 10.4. The summed E-state index contributed by atoms with van der Waals surface area (Å²) < 4.78 is 0. The molecule has 0 atom stereocenters. The van der Waals surface area contributed by atoms with Crippen molar-refractivity contribution in [1.82, 2.24) is 0 Å². The third kappa shape index (κ3) is 1.36. The van der Waals surface area contributed by atoms with E-state index in [1.54, 1.807) is 0 Å². The van der Waals surface area contributed by atoms with Crippen LogP contribution in [0.15, 0.2) is 66.7 Å². The zero-order valence-corrected chi connectivity index (χ0v) is 10.3. The van der Waals surface area contributed by atoms with Gasteiger partial charge in [-0.1, -0.05) is 66.7 Å². The van der Waals surface area contributed by atoms with E-state index in [1.807, 2.05) is 36.4 Å². The molecule has 0 saturated carbocycles. The van der Waals surface area contributed by atoms with Gasteiger partial charge in [0.15, 0.2) is 0 Å². The predicted octanol–water partition coefficient (Wildman–Crippen LogP) is 4.80. The van der Waals surface area contributed by atoms with Gasteiger partial charge >= 0.3 is 0 Å². The van der Waals surface area contributed by atoms with E-state index in [2.05, 4.69) is 30.3 Å². The average molecular weight is 244 g/mol. The summed E-state index contributed by atoms with van der Waals surface area (Å²) in [5.74, 6) is 0.363. The molecule has 2 aromatic rings. The lowest BCUT2D eigenvalue weighted by atomic mass is 10.0. The molecule has 1 nitrogen and oxygen atoms in total. The van der Waals surface area contributed by atoms with Crippen LogP contribution in [-0.2, 0) is 0 Å². The molecule has 0 aliphatic heterocycles. The van der Waals surface area contributed by atoms with E-state index in [0.29, 0.717) is 5.75 Å². The summed E-state index contributed by atoms with van der Waals surface area (Å²) in [5.41, 5.74) is 2.37. The van der Waals surface area contributed by atoms with Crippen molar-refractivity contribution in [2.75, 3.05) is 0 Å². The molecule has 19 heavy (non-hydrogen) atoms. The first-order chi connectivity index (χ1) is 9.36. The Morgan fingerprint density at radius 1 is 0.474 bits per heavy atom. The molecule has 0 bridgehead atoms. The smallest absolute Gasteiger partial charge is 0.131 e. The summed E-state index contributed by atoms with van der Waals surface area (Å²) in [6, 6.07) is 22.3. The van der Waals surface area contributed by atoms with Crippen LogP contribution in [0, 0.1) is 0 Å². The molecule has 2 aliphatic rings. The fourth-order valence-electron chi connectivity index (χ4n) is 2.88. The van der Waals surface area contributed by atoms with Crippen molar-refractivity contribution in [3.63, 3.8) is 0 Å². The van der Waals surface area contributed by atoms with E-state index < -0.39 is 0 Å². The minimum Gasteiger partial charge on any atom is -0.507 e. The van der Waals surface area contributed by atoms with Crippen molar-refractivity contribution in [2.24, 2.45) is 0 Å². The van der Waals surface area contributed by atoms with Crippen molar-refractivity contribution in [2.45, 2.75) is 0 Å². The molecule has 0 spiro atoms. The van der Waals surface area contributed by atoms with Crippen LogP contribution in [0.4, 0.5) is 0 Å². The summed E-state index contributed by atoms with van der Waals surface area (Å²) in [4.78, 5) is 0. The van der Waals surface area contributed by atoms with Gasteiger partial charge in [0.1, 0.15) is 5.75 Å². The second-order valence-corrected chi connectivity index (χ2v) is 4.79. The maximum Gasteiger partial charge on any atom is 0.131 e. The lowest BCUT2D eigenvalue weighted by molar-refractivity contribution is 0.488. The minimum atomic E-state index is 0.363. The number of fused-ring (bicyclic) bond motifs is 5. The van der Waals surface area contributed by atoms with Gasteiger partial charge in [0, 0.05) is 10.8 Å². The highest BCUT2D eigenvalue weighted by Gasteiger charge is 2.13. The Hall–Kier alpha value is -2.54. The van der Waals surface area contributed by atoms with Gasteiger partial charge in [-0.3, -0.25) is 0 Å². The van der Waals surface area contributed by atoms with Gasteiger partial charge in [-0.05, 0) is 21.9 Å². The maximum absolute atomic E-state index is 10.6. The van der Waals surface area contributed by atoms with Crippen molar-refractivity contribution in [1.29, 1.82) is 0 Å². The monoisotopic (exact) mass is 244 g/mol. The molecule has 1 heteroatoms. The van der Waals surface area contributed by atoms with Crippen LogP contribution in [0.5, 0.6) is 5.75 Å². The Morgan fingerprint density at radius 3 is 1.37 bits per heavy atom. The van der Waals surface area contributed by atoms with Crippen molar-refractivity contribution < 1.29 is 5.11 Å². The first-order valence-electron chi connectivity index (χ1n) is 6.37. The summed E-state index contributed by atoms with van der Waals surface area (Å²) in [5, 5.41) is 14.6. The van der Waals surface area contributed by atoms with Crippen molar-refractivity contribution in [3.05, 3.63) is 66.7 Å². The Labute approximate surface area is 111 Å². The van der Waals surface area contributed by atoms with Crippen LogP contribution >= 0.6 is 0 Å². The van der Waals surface area contributed by atoms with Crippen LogP contribution in [0.3, 0.4) is 0 Å². The van der Waals surface area contributed by atoms with E-state index in [0.717, 1.165) is 21.5 Å². The molecular formula is C18H12O. The topological polar surface area (TPSA) is 20.2 Å². The Kier molecular flexibility index (Phi) is 2.04. The third-order valence-corrected chi connectivity index (χ3v) is 3.76. The van der Waals surface area contributed by atoms with Crippen LogP contribution < -0.4 is 0 Å². The molecule has 2 aliphatic carbocycles. The highest BCUT2D eigenvalue weighted by Crippen LogP contribution is 2.41. The second kappa shape index (κ2) is 3.72. The van der Waals surface area contributed by atoms with Crippen LogP contribution in [-0.4, -0.2) is 5.11 Å². The number of aromatic hydroxyl groups is 1. The number of hydrogen-bond acceptors (Lipinski definition) is 1. The highest BCUT2D eigenvalue weighted by molar-refractivity contribution is 6.13. The van der Waals surface area contributed by atoms with Gasteiger partial charge in [-0.2, -0.15) is 0 Å². The average Bonchev–Trinajstić information content (AvgIpc) is 2.92. The molecule has 1 N–H and O–H groups in total. The molecule has 4 rings (SSSR count). The van der Waals surface area contributed by atoms with E-state index in [1.165, 1.54) is 11.1 Å². The fourth-order valence-corrected chi connectivity index (χ4v) is 2.88. The molecule has 0 saturated heterocycles. The van der Waals surface area contributed by atoms with Crippen molar-refractivity contribution >= 4 is 21.5 Å². The molecular weight excluding hydrogens is 232 g/mol. The van der Waals surface area contributed by atoms with Crippen LogP contribution in [0.2, 0.25) is 0 Å².